The van der Waals surface area contributed by atoms with Crippen molar-refractivity contribution in [3.63, 3.8) is 0 Å². The van der Waals surface area contributed by atoms with Crippen LogP contribution in [0.5, 0.6) is 0 Å². The first kappa shape index (κ1) is 11.7. The number of rotatable bonds is 4. The highest BCUT2D eigenvalue weighted by Crippen LogP contribution is 2.22. The quantitative estimate of drug-likeness (QED) is 0.698. The van der Waals surface area contributed by atoms with E-state index in [1.807, 2.05) is 6.92 Å². The second kappa shape index (κ2) is 6.14. The maximum absolute atomic E-state index is 11.7. The Kier molecular flexibility index (Phi) is 5.12. The van der Waals surface area contributed by atoms with E-state index in [0.29, 0.717) is 6.61 Å². The lowest BCUT2D eigenvalue weighted by Crippen LogP contribution is -2.36. The molecule has 82 valence electrons. The van der Waals surface area contributed by atoms with Crippen molar-refractivity contribution in [1.29, 1.82) is 0 Å². The Bertz CT molecular complexity index is 182. The summed E-state index contributed by atoms with van der Waals surface area (Å²) in [6.45, 7) is 2.75. The molecule has 0 spiro atoms. The molecule has 0 aromatic rings. The van der Waals surface area contributed by atoms with Crippen molar-refractivity contribution in [2.24, 2.45) is 11.7 Å². The van der Waals surface area contributed by atoms with Gasteiger partial charge in [-0.15, -0.1) is 0 Å². The number of carbonyl (C=O) groups excluding carboxylic acids is 1. The van der Waals surface area contributed by atoms with Gasteiger partial charge in [-0.1, -0.05) is 19.3 Å². The predicted octanol–water partition coefficient (Wildman–Crippen LogP) is 1.50. The molecule has 3 heteroatoms. The molecule has 0 aromatic carbocycles. The first-order valence-corrected chi connectivity index (χ1v) is 5.61. The zero-order valence-corrected chi connectivity index (χ0v) is 9.00. The molecule has 0 bridgehead atoms. The standard InChI is InChI=1S/C11H21NO2/c1-2-14-8-11(13)9-6-4-3-5-7-10(9)12/h9-10H,2-8,12H2,1H3. The summed E-state index contributed by atoms with van der Waals surface area (Å²) in [6, 6.07) is 0.0606. The van der Waals surface area contributed by atoms with E-state index >= 15 is 0 Å². The largest absolute Gasteiger partial charge is 0.374 e. The Labute approximate surface area is 86.0 Å². The van der Waals surface area contributed by atoms with E-state index in [4.69, 9.17) is 10.5 Å². The van der Waals surface area contributed by atoms with Crippen molar-refractivity contribution in [1.82, 2.24) is 0 Å². The summed E-state index contributed by atoms with van der Waals surface area (Å²) in [5.41, 5.74) is 5.98. The maximum atomic E-state index is 11.7. The molecule has 0 aromatic heterocycles. The number of ether oxygens (including phenoxy) is 1. The van der Waals surface area contributed by atoms with Crippen LogP contribution in [0.1, 0.15) is 39.0 Å². The fourth-order valence-corrected chi connectivity index (χ4v) is 2.05. The van der Waals surface area contributed by atoms with E-state index in [9.17, 15) is 4.79 Å². The molecule has 0 heterocycles. The number of Topliss-reactive ketones (excluding diaryl/α,β-unsaturated/α-hetero) is 1. The molecule has 0 radical (unpaired) electrons. The van der Waals surface area contributed by atoms with E-state index < -0.39 is 0 Å². The predicted molar refractivity (Wildman–Crippen MR) is 56.1 cm³/mol. The Balaban J connectivity index is 2.41. The van der Waals surface area contributed by atoms with Gasteiger partial charge in [0.15, 0.2) is 5.78 Å². The third-order valence-corrected chi connectivity index (χ3v) is 2.93. The Morgan fingerprint density at radius 1 is 1.36 bits per heavy atom. The van der Waals surface area contributed by atoms with Crippen molar-refractivity contribution in [3.05, 3.63) is 0 Å². The molecule has 3 nitrogen and oxygen atoms in total. The highest BCUT2D eigenvalue weighted by atomic mass is 16.5. The van der Waals surface area contributed by atoms with Gasteiger partial charge in [0.05, 0.1) is 0 Å². The molecule has 2 unspecified atom stereocenters. The van der Waals surface area contributed by atoms with Gasteiger partial charge in [-0.25, -0.2) is 0 Å². The van der Waals surface area contributed by atoms with Crippen LogP contribution in [0.15, 0.2) is 0 Å². The summed E-state index contributed by atoms with van der Waals surface area (Å²) in [5, 5.41) is 0. The van der Waals surface area contributed by atoms with Gasteiger partial charge < -0.3 is 10.5 Å². The fourth-order valence-electron chi connectivity index (χ4n) is 2.05. The second-order valence-corrected chi connectivity index (χ2v) is 4.01. The van der Waals surface area contributed by atoms with Crippen LogP contribution in [-0.4, -0.2) is 25.0 Å². The van der Waals surface area contributed by atoms with E-state index in [1.54, 1.807) is 0 Å². The zero-order chi connectivity index (χ0) is 10.4. The van der Waals surface area contributed by atoms with Gasteiger partial charge in [0.2, 0.25) is 0 Å². The molecule has 14 heavy (non-hydrogen) atoms. The molecule has 2 N–H and O–H groups in total. The van der Waals surface area contributed by atoms with Crippen molar-refractivity contribution >= 4 is 5.78 Å². The van der Waals surface area contributed by atoms with Gasteiger partial charge in [-0.2, -0.15) is 0 Å². The molecule has 1 rings (SSSR count). The smallest absolute Gasteiger partial charge is 0.163 e. The van der Waals surface area contributed by atoms with Crippen LogP contribution in [0, 0.1) is 5.92 Å². The first-order valence-electron chi connectivity index (χ1n) is 5.61. The lowest BCUT2D eigenvalue weighted by Gasteiger charge is -2.19. The average Bonchev–Trinajstić information content (AvgIpc) is 2.39. The Morgan fingerprint density at radius 2 is 2.07 bits per heavy atom. The summed E-state index contributed by atoms with van der Waals surface area (Å²) >= 11 is 0. The van der Waals surface area contributed by atoms with E-state index in [-0.39, 0.29) is 24.3 Å². The van der Waals surface area contributed by atoms with Crippen molar-refractivity contribution in [3.8, 4) is 0 Å². The highest BCUT2D eigenvalue weighted by molar-refractivity contribution is 5.82. The van der Waals surface area contributed by atoms with Crippen LogP contribution in [0.3, 0.4) is 0 Å². The van der Waals surface area contributed by atoms with E-state index in [2.05, 4.69) is 0 Å². The lowest BCUT2D eigenvalue weighted by atomic mass is 9.91. The molecule has 2 atom stereocenters. The normalized spacial score (nSPS) is 28.4. The molecular formula is C11H21NO2. The third kappa shape index (κ3) is 3.39. The molecule has 0 aliphatic heterocycles. The number of carbonyl (C=O) groups is 1. The van der Waals surface area contributed by atoms with Gasteiger partial charge >= 0.3 is 0 Å². The summed E-state index contributed by atoms with van der Waals surface area (Å²) < 4.78 is 5.13. The summed E-state index contributed by atoms with van der Waals surface area (Å²) in [4.78, 5) is 11.7. The van der Waals surface area contributed by atoms with Gasteiger partial charge in [0.1, 0.15) is 6.61 Å². The van der Waals surface area contributed by atoms with E-state index in [1.165, 1.54) is 12.8 Å². The number of hydrogen-bond donors (Lipinski definition) is 1. The topological polar surface area (TPSA) is 52.3 Å². The SMILES string of the molecule is CCOCC(=O)C1CCCCCC1N. The van der Waals surface area contributed by atoms with Crippen LogP contribution < -0.4 is 5.73 Å². The minimum atomic E-state index is 0.0454. The third-order valence-electron chi connectivity index (χ3n) is 2.93. The molecule has 1 aliphatic carbocycles. The van der Waals surface area contributed by atoms with Crippen molar-refractivity contribution < 1.29 is 9.53 Å². The van der Waals surface area contributed by atoms with E-state index in [0.717, 1.165) is 19.3 Å². The molecule has 1 fully saturated rings. The summed E-state index contributed by atoms with van der Waals surface area (Å²) in [6.07, 6.45) is 5.46. The molecular weight excluding hydrogens is 178 g/mol. The summed E-state index contributed by atoms with van der Waals surface area (Å²) in [5.74, 6) is 0.241. The Morgan fingerprint density at radius 3 is 2.79 bits per heavy atom. The second-order valence-electron chi connectivity index (χ2n) is 4.01. The Hall–Kier alpha value is -0.410. The number of nitrogens with two attached hydrogens (primary N) is 1. The van der Waals surface area contributed by atoms with Gasteiger partial charge in [-0.3, -0.25) is 4.79 Å². The van der Waals surface area contributed by atoms with Crippen LogP contribution in [0.2, 0.25) is 0 Å². The van der Waals surface area contributed by atoms with Gasteiger partial charge in [0, 0.05) is 18.6 Å². The number of ketones is 1. The highest BCUT2D eigenvalue weighted by Gasteiger charge is 2.26. The number of hydrogen-bond acceptors (Lipinski definition) is 3. The molecule has 0 amide bonds. The minimum absolute atomic E-state index is 0.0454. The monoisotopic (exact) mass is 199 g/mol. The van der Waals surface area contributed by atoms with Crippen LogP contribution in [0.4, 0.5) is 0 Å². The maximum Gasteiger partial charge on any atom is 0.163 e. The first-order chi connectivity index (χ1) is 6.75. The molecule has 0 saturated heterocycles. The van der Waals surface area contributed by atoms with Gasteiger partial charge in [0.25, 0.3) is 0 Å². The lowest BCUT2D eigenvalue weighted by molar-refractivity contribution is -0.128. The fraction of sp³-hybridized carbons (Fsp3) is 0.909. The van der Waals surface area contributed by atoms with Crippen LogP contribution >= 0.6 is 0 Å². The zero-order valence-electron chi connectivity index (χ0n) is 9.00. The van der Waals surface area contributed by atoms with Crippen molar-refractivity contribution in [2.45, 2.75) is 45.1 Å². The van der Waals surface area contributed by atoms with Gasteiger partial charge in [-0.05, 0) is 19.8 Å². The molecule has 1 aliphatic rings. The van der Waals surface area contributed by atoms with Crippen LogP contribution in [-0.2, 0) is 9.53 Å². The van der Waals surface area contributed by atoms with Crippen molar-refractivity contribution in [2.75, 3.05) is 13.2 Å². The summed E-state index contributed by atoms with van der Waals surface area (Å²) in [7, 11) is 0. The minimum Gasteiger partial charge on any atom is -0.374 e. The van der Waals surface area contributed by atoms with Crippen LogP contribution in [0.25, 0.3) is 0 Å². The molecule has 1 saturated carbocycles. The average molecular weight is 199 g/mol.